The molecule has 0 saturated heterocycles. The molecular formula is C28H33NO3. The van der Waals surface area contributed by atoms with Crippen molar-refractivity contribution in [1.29, 1.82) is 0 Å². The Bertz CT molecular complexity index is 946. The number of carbonyl (C=O) groups is 1. The van der Waals surface area contributed by atoms with Gasteiger partial charge in [-0.05, 0) is 35.8 Å². The Labute approximate surface area is 191 Å². The van der Waals surface area contributed by atoms with Crippen LogP contribution in [0.3, 0.4) is 0 Å². The third kappa shape index (κ3) is 6.69. The number of aromatic carboxylic acids is 1. The van der Waals surface area contributed by atoms with E-state index in [1.165, 1.54) is 25.7 Å². The van der Waals surface area contributed by atoms with Crippen molar-refractivity contribution >= 4 is 17.7 Å². The maximum absolute atomic E-state index is 11.9. The van der Waals surface area contributed by atoms with Gasteiger partial charge in [-0.25, -0.2) is 9.86 Å². The zero-order valence-corrected chi connectivity index (χ0v) is 18.8. The van der Waals surface area contributed by atoms with E-state index in [1.54, 1.807) is 17.2 Å². The lowest BCUT2D eigenvalue weighted by Crippen LogP contribution is -2.37. The van der Waals surface area contributed by atoms with Gasteiger partial charge >= 0.3 is 5.97 Å². The van der Waals surface area contributed by atoms with Crippen LogP contribution < -0.4 is 5.06 Å². The molecule has 0 bridgehead atoms. The molecule has 32 heavy (non-hydrogen) atoms. The van der Waals surface area contributed by atoms with E-state index < -0.39 is 5.97 Å². The Hall–Kier alpha value is -3.11. The molecule has 1 atom stereocenters. The minimum absolute atomic E-state index is 0.221. The van der Waals surface area contributed by atoms with Gasteiger partial charge in [0.05, 0.1) is 23.9 Å². The fourth-order valence-corrected chi connectivity index (χ4v) is 3.83. The third-order valence-corrected chi connectivity index (χ3v) is 5.52. The lowest BCUT2D eigenvalue weighted by atomic mass is 9.98. The molecule has 1 N–H and O–H groups in total. The van der Waals surface area contributed by atoms with Crippen molar-refractivity contribution in [2.75, 3.05) is 11.7 Å². The predicted molar refractivity (Wildman–Crippen MR) is 132 cm³/mol. The molecule has 0 aromatic heterocycles. The molecule has 2 aromatic rings. The lowest BCUT2D eigenvalue weighted by Gasteiger charge is -2.33. The number of hydroxylamine groups is 1. The first-order valence-electron chi connectivity index (χ1n) is 11.6. The van der Waals surface area contributed by atoms with Crippen LogP contribution in [0.5, 0.6) is 0 Å². The van der Waals surface area contributed by atoms with E-state index >= 15 is 0 Å². The van der Waals surface area contributed by atoms with Crippen LogP contribution in [0.25, 0.3) is 6.08 Å². The van der Waals surface area contributed by atoms with Crippen molar-refractivity contribution in [2.24, 2.45) is 0 Å². The van der Waals surface area contributed by atoms with E-state index in [4.69, 9.17) is 4.84 Å². The fraction of sp³-hybridized carbons (Fsp3) is 0.321. The highest BCUT2D eigenvalue weighted by Crippen LogP contribution is 2.29. The molecule has 1 unspecified atom stereocenters. The molecule has 2 aromatic carbocycles. The number of carboxylic acids is 1. The second kappa shape index (κ2) is 12.7. The molecule has 1 aliphatic carbocycles. The normalized spacial score (nSPS) is 16.4. The van der Waals surface area contributed by atoms with Gasteiger partial charge in [-0.2, -0.15) is 0 Å². The summed E-state index contributed by atoms with van der Waals surface area (Å²) in [5, 5.41) is 11.5. The Kier molecular flexibility index (Phi) is 9.33. The van der Waals surface area contributed by atoms with E-state index in [0.29, 0.717) is 12.3 Å². The first-order valence-corrected chi connectivity index (χ1v) is 11.6. The molecule has 3 rings (SSSR count). The smallest absolute Gasteiger partial charge is 0.337 e. The van der Waals surface area contributed by atoms with Crippen LogP contribution in [0.1, 0.15) is 61.4 Å². The maximum atomic E-state index is 11.9. The van der Waals surface area contributed by atoms with Gasteiger partial charge in [0.25, 0.3) is 0 Å². The number of allylic oxidation sites excluding steroid dienone is 2. The Morgan fingerprint density at radius 1 is 0.969 bits per heavy atom. The van der Waals surface area contributed by atoms with Gasteiger partial charge in [0.15, 0.2) is 0 Å². The Morgan fingerprint density at radius 3 is 2.47 bits per heavy atom. The molecular weight excluding hydrogens is 398 g/mol. The Balaban J connectivity index is 1.84. The van der Waals surface area contributed by atoms with Crippen molar-refractivity contribution in [3.63, 3.8) is 0 Å². The molecule has 0 heterocycles. The summed E-state index contributed by atoms with van der Waals surface area (Å²) in [4.78, 5) is 18.2. The first kappa shape index (κ1) is 23.6. The highest BCUT2D eigenvalue weighted by atomic mass is 16.7. The summed E-state index contributed by atoms with van der Waals surface area (Å²) >= 11 is 0. The highest BCUT2D eigenvalue weighted by molar-refractivity contribution is 5.94. The molecule has 0 saturated carbocycles. The van der Waals surface area contributed by atoms with Gasteiger partial charge in [0, 0.05) is 0 Å². The highest BCUT2D eigenvalue weighted by Gasteiger charge is 2.25. The lowest BCUT2D eigenvalue weighted by molar-refractivity contribution is 0.0685. The summed E-state index contributed by atoms with van der Waals surface area (Å²) in [7, 11) is 0. The molecule has 0 aliphatic heterocycles. The SMILES string of the molecule is CCCCCCCCON(c1ccccc1C(=O)O)C1C=CC=CC1=Cc1ccccc1. The van der Waals surface area contributed by atoms with Gasteiger partial charge in [-0.1, -0.05) is 106 Å². The number of benzene rings is 2. The van der Waals surface area contributed by atoms with Crippen LogP contribution in [0.15, 0.2) is 84.5 Å². The van der Waals surface area contributed by atoms with Gasteiger partial charge in [0.2, 0.25) is 0 Å². The topological polar surface area (TPSA) is 49.8 Å². The first-order chi connectivity index (χ1) is 15.7. The minimum atomic E-state index is -0.960. The van der Waals surface area contributed by atoms with Crippen LogP contribution in [0, 0.1) is 0 Å². The number of carboxylic acid groups (broad SMARTS) is 1. The zero-order valence-electron chi connectivity index (χ0n) is 18.8. The number of nitrogens with zero attached hydrogens (tertiary/aromatic N) is 1. The van der Waals surface area contributed by atoms with E-state index in [0.717, 1.165) is 24.0 Å². The van der Waals surface area contributed by atoms with E-state index in [-0.39, 0.29) is 11.6 Å². The molecule has 4 heteroatoms. The summed E-state index contributed by atoms with van der Waals surface area (Å²) in [5.74, 6) is -0.960. The molecule has 0 radical (unpaired) electrons. The summed E-state index contributed by atoms with van der Waals surface area (Å²) < 4.78 is 0. The number of para-hydroxylation sites is 1. The van der Waals surface area contributed by atoms with Crippen LogP contribution in [-0.2, 0) is 4.84 Å². The van der Waals surface area contributed by atoms with Crippen LogP contribution >= 0.6 is 0 Å². The maximum Gasteiger partial charge on any atom is 0.337 e. The van der Waals surface area contributed by atoms with Crippen LogP contribution in [-0.4, -0.2) is 23.7 Å². The number of anilines is 1. The van der Waals surface area contributed by atoms with E-state index in [1.807, 2.05) is 42.5 Å². The van der Waals surface area contributed by atoms with Gasteiger partial charge < -0.3 is 5.11 Å². The fourth-order valence-electron chi connectivity index (χ4n) is 3.83. The molecule has 4 nitrogen and oxygen atoms in total. The number of unbranched alkanes of at least 4 members (excludes halogenated alkanes) is 5. The third-order valence-electron chi connectivity index (χ3n) is 5.52. The number of hydrogen-bond donors (Lipinski definition) is 1. The molecule has 168 valence electrons. The van der Waals surface area contributed by atoms with Crippen molar-refractivity contribution in [2.45, 2.75) is 51.5 Å². The summed E-state index contributed by atoms with van der Waals surface area (Å²) in [6, 6.07) is 17.0. The van der Waals surface area contributed by atoms with Gasteiger partial charge in [-0.15, -0.1) is 0 Å². The van der Waals surface area contributed by atoms with Gasteiger partial charge in [0.1, 0.15) is 0 Å². The van der Waals surface area contributed by atoms with E-state index in [2.05, 4.69) is 37.3 Å². The summed E-state index contributed by atoms with van der Waals surface area (Å²) in [6.07, 6.45) is 17.2. The Morgan fingerprint density at radius 2 is 1.69 bits per heavy atom. The largest absolute Gasteiger partial charge is 0.478 e. The summed E-state index contributed by atoms with van der Waals surface area (Å²) in [5.41, 5.74) is 2.93. The van der Waals surface area contributed by atoms with Crippen molar-refractivity contribution in [1.82, 2.24) is 0 Å². The standard InChI is InChI=1S/C28H33NO3/c1-2-3-4-5-6-14-21-32-29(27-20-13-11-18-25(27)28(30)31)26-19-12-10-17-24(26)22-23-15-8-7-9-16-23/h7-13,15-20,22,26H,2-6,14,21H2,1H3,(H,30,31). The molecule has 1 aliphatic rings. The minimum Gasteiger partial charge on any atom is -0.478 e. The number of rotatable bonds is 12. The molecule has 0 fully saturated rings. The van der Waals surface area contributed by atoms with Crippen molar-refractivity contribution in [3.8, 4) is 0 Å². The summed E-state index contributed by atoms with van der Waals surface area (Å²) in [6.45, 7) is 2.76. The van der Waals surface area contributed by atoms with Crippen molar-refractivity contribution < 1.29 is 14.7 Å². The van der Waals surface area contributed by atoms with Crippen LogP contribution in [0.2, 0.25) is 0 Å². The molecule has 0 spiro atoms. The molecule has 0 amide bonds. The second-order valence-corrected chi connectivity index (χ2v) is 7.99. The zero-order chi connectivity index (χ0) is 22.6. The number of hydrogen-bond acceptors (Lipinski definition) is 3. The quantitative estimate of drug-likeness (QED) is 0.289. The van der Waals surface area contributed by atoms with E-state index in [9.17, 15) is 9.90 Å². The van der Waals surface area contributed by atoms with Crippen LogP contribution in [0.4, 0.5) is 5.69 Å². The van der Waals surface area contributed by atoms with Crippen molar-refractivity contribution in [3.05, 3.63) is 95.6 Å². The monoisotopic (exact) mass is 431 g/mol. The van der Waals surface area contributed by atoms with Gasteiger partial charge in [-0.3, -0.25) is 4.84 Å². The second-order valence-electron chi connectivity index (χ2n) is 7.99. The average molecular weight is 432 g/mol. The predicted octanol–water partition coefficient (Wildman–Crippen LogP) is 7.06. The average Bonchev–Trinajstić information content (AvgIpc) is 2.82.